The van der Waals surface area contributed by atoms with Gasteiger partial charge >= 0.3 is 0 Å². The molecule has 0 aromatic heterocycles. The molecule has 98 valence electrons. The summed E-state index contributed by atoms with van der Waals surface area (Å²) >= 11 is 0. The second-order valence-corrected chi connectivity index (χ2v) is 5.17. The summed E-state index contributed by atoms with van der Waals surface area (Å²) in [5.41, 5.74) is 1.38. The highest BCUT2D eigenvalue weighted by Gasteiger charge is 2.40. The average molecular weight is 259 g/mol. The molecule has 1 saturated heterocycles. The normalized spacial score (nSPS) is 16.9. The van der Waals surface area contributed by atoms with E-state index in [0.717, 1.165) is 24.2 Å². The van der Waals surface area contributed by atoms with Crippen LogP contribution in [0.5, 0.6) is 0 Å². The van der Waals surface area contributed by atoms with Crippen LogP contribution < -0.4 is 5.32 Å². The zero-order valence-corrected chi connectivity index (χ0v) is 10.5. The maximum atomic E-state index is 14.0. The van der Waals surface area contributed by atoms with Gasteiger partial charge in [0.25, 0.3) is 0 Å². The minimum Gasteiger partial charge on any atom is -0.315 e. The first-order chi connectivity index (χ1) is 9.20. The van der Waals surface area contributed by atoms with Gasteiger partial charge in [-0.25, -0.2) is 8.78 Å². The Balaban J connectivity index is 1.94. The van der Waals surface area contributed by atoms with Gasteiger partial charge in [-0.15, -0.1) is 0 Å². The van der Waals surface area contributed by atoms with Crippen LogP contribution in [0.1, 0.15) is 11.1 Å². The molecule has 0 saturated carbocycles. The Morgan fingerprint density at radius 3 is 2.42 bits per heavy atom. The fourth-order valence-electron chi connectivity index (χ4n) is 2.77. The van der Waals surface area contributed by atoms with Gasteiger partial charge in [-0.1, -0.05) is 30.3 Å². The lowest BCUT2D eigenvalue weighted by atomic mass is 9.71. The molecule has 0 aliphatic carbocycles. The summed E-state index contributed by atoms with van der Waals surface area (Å²) in [5, 5.41) is 3.20. The van der Waals surface area contributed by atoms with Crippen molar-refractivity contribution >= 4 is 0 Å². The van der Waals surface area contributed by atoms with Crippen molar-refractivity contribution in [2.75, 3.05) is 13.1 Å². The van der Waals surface area contributed by atoms with Crippen molar-refractivity contribution in [2.24, 2.45) is 0 Å². The van der Waals surface area contributed by atoms with Crippen molar-refractivity contribution in [1.29, 1.82) is 0 Å². The summed E-state index contributed by atoms with van der Waals surface area (Å²) in [7, 11) is 0. The van der Waals surface area contributed by atoms with Crippen molar-refractivity contribution in [3.8, 4) is 0 Å². The number of hydrogen-bond acceptors (Lipinski definition) is 1. The van der Waals surface area contributed by atoms with Gasteiger partial charge in [0.2, 0.25) is 0 Å². The number of halogens is 2. The van der Waals surface area contributed by atoms with E-state index in [0.29, 0.717) is 6.42 Å². The zero-order chi connectivity index (χ0) is 13.3. The van der Waals surface area contributed by atoms with Crippen molar-refractivity contribution in [3.05, 3.63) is 71.3 Å². The van der Waals surface area contributed by atoms with Crippen molar-refractivity contribution < 1.29 is 8.78 Å². The van der Waals surface area contributed by atoms with Gasteiger partial charge in [0.05, 0.1) is 0 Å². The Morgan fingerprint density at radius 1 is 1.00 bits per heavy atom. The molecule has 3 rings (SSSR count). The summed E-state index contributed by atoms with van der Waals surface area (Å²) in [4.78, 5) is 0. The second-order valence-electron chi connectivity index (χ2n) is 5.17. The molecular weight excluding hydrogens is 244 g/mol. The molecule has 1 N–H and O–H groups in total. The number of hydrogen-bond donors (Lipinski definition) is 1. The summed E-state index contributed by atoms with van der Waals surface area (Å²) in [6, 6.07) is 13.4. The van der Waals surface area contributed by atoms with Gasteiger partial charge < -0.3 is 5.32 Å². The number of benzene rings is 2. The minimum absolute atomic E-state index is 0.180. The van der Waals surface area contributed by atoms with Crippen LogP contribution in [0.4, 0.5) is 8.78 Å². The Bertz CT molecular complexity index is 591. The van der Waals surface area contributed by atoms with E-state index in [2.05, 4.69) is 5.32 Å². The minimum atomic E-state index is -0.251. The predicted molar refractivity (Wildman–Crippen MR) is 71.1 cm³/mol. The van der Waals surface area contributed by atoms with Gasteiger partial charge in [-0.05, 0) is 35.7 Å². The molecule has 3 heteroatoms. The molecular formula is C16H15F2N. The SMILES string of the molecule is Fc1cccc(CC2(c3ccccc3F)CNC2)c1. The van der Waals surface area contributed by atoms with Gasteiger partial charge in [-0.3, -0.25) is 0 Å². The molecule has 19 heavy (non-hydrogen) atoms. The van der Waals surface area contributed by atoms with Crippen LogP contribution in [0, 0.1) is 11.6 Å². The molecule has 2 aromatic carbocycles. The van der Waals surface area contributed by atoms with Crippen LogP contribution in [-0.2, 0) is 11.8 Å². The molecule has 1 aliphatic heterocycles. The summed E-state index contributed by atoms with van der Waals surface area (Å²) in [5.74, 6) is -0.422. The third-order valence-corrected chi connectivity index (χ3v) is 3.80. The molecule has 0 spiro atoms. The smallest absolute Gasteiger partial charge is 0.127 e. The standard InChI is InChI=1S/C16H15F2N/c17-13-5-3-4-12(8-13)9-16(10-19-11-16)14-6-1-2-7-15(14)18/h1-8,19H,9-11H2. The monoisotopic (exact) mass is 259 g/mol. The molecule has 0 unspecified atom stereocenters. The molecule has 2 aromatic rings. The van der Waals surface area contributed by atoms with E-state index in [1.807, 2.05) is 18.2 Å². The van der Waals surface area contributed by atoms with Crippen LogP contribution in [0.3, 0.4) is 0 Å². The van der Waals surface area contributed by atoms with Crippen LogP contribution in [0.25, 0.3) is 0 Å². The van der Waals surface area contributed by atoms with Crippen LogP contribution >= 0.6 is 0 Å². The van der Waals surface area contributed by atoms with E-state index in [9.17, 15) is 8.78 Å². The first-order valence-electron chi connectivity index (χ1n) is 6.40. The highest BCUT2D eigenvalue weighted by atomic mass is 19.1. The van der Waals surface area contributed by atoms with Crippen LogP contribution in [-0.4, -0.2) is 13.1 Å². The Hall–Kier alpha value is -1.74. The Morgan fingerprint density at radius 2 is 1.79 bits per heavy atom. The van der Waals surface area contributed by atoms with E-state index in [4.69, 9.17) is 0 Å². The summed E-state index contributed by atoms with van der Waals surface area (Å²) in [6.45, 7) is 1.45. The van der Waals surface area contributed by atoms with Crippen molar-refractivity contribution in [2.45, 2.75) is 11.8 Å². The molecule has 0 atom stereocenters. The van der Waals surface area contributed by atoms with Crippen LogP contribution in [0.2, 0.25) is 0 Å². The first kappa shape index (κ1) is 12.3. The third kappa shape index (κ3) is 2.26. The van der Waals surface area contributed by atoms with E-state index in [1.165, 1.54) is 18.2 Å². The summed E-state index contributed by atoms with van der Waals surface area (Å²) in [6.07, 6.45) is 0.651. The Kier molecular flexibility index (Phi) is 3.07. The predicted octanol–water partition coefficient (Wildman–Crippen LogP) is 3.05. The van der Waals surface area contributed by atoms with E-state index in [1.54, 1.807) is 12.1 Å². The van der Waals surface area contributed by atoms with Crippen molar-refractivity contribution in [1.82, 2.24) is 5.32 Å². The van der Waals surface area contributed by atoms with E-state index < -0.39 is 0 Å². The molecule has 0 radical (unpaired) electrons. The highest BCUT2D eigenvalue weighted by molar-refractivity contribution is 5.34. The maximum absolute atomic E-state index is 14.0. The molecule has 1 fully saturated rings. The van der Waals surface area contributed by atoms with E-state index in [-0.39, 0.29) is 17.0 Å². The van der Waals surface area contributed by atoms with E-state index >= 15 is 0 Å². The fraction of sp³-hybridized carbons (Fsp3) is 0.250. The molecule has 1 heterocycles. The van der Waals surface area contributed by atoms with Crippen molar-refractivity contribution in [3.63, 3.8) is 0 Å². The largest absolute Gasteiger partial charge is 0.315 e. The first-order valence-corrected chi connectivity index (χ1v) is 6.40. The third-order valence-electron chi connectivity index (χ3n) is 3.80. The number of nitrogens with one attached hydrogen (secondary N) is 1. The quantitative estimate of drug-likeness (QED) is 0.893. The van der Waals surface area contributed by atoms with Gasteiger partial charge in [0, 0.05) is 18.5 Å². The van der Waals surface area contributed by atoms with Gasteiger partial charge in [0.15, 0.2) is 0 Å². The maximum Gasteiger partial charge on any atom is 0.127 e. The lowest BCUT2D eigenvalue weighted by Crippen LogP contribution is -2.58. The van der Waals surface area contributed by atoms with Gasteiger partial charge in [0.1, 0.15) is 11.6 Å². The highest BCUT2D eigenvalue weighted by Crippen LogP contribution is 2.34. The molecule has 0 bridgehead atoms. The molecule has 1 nitrogen and oxygen atoms in total. The molecule has 1 aliphatic rings. The second kappa shape index (κ2) is 4.74. The Labute approximate surface area is 111 Å². The lowest BCUT2D eigenvalue weighted by molar-refractivity contribution is 0.265. The number of rotatable bonds is 3. The fourth-order valence-corrected chi connectivity index (χ4v) is 2.77. The topological polar surface area (TPSA) is 12.0 Å². The van der Waals surface area contributed by atoms with Gasteiger partial charge in [-0.2, -0.15) is 0 Å². The average Bonchev–Trinajstić information content (AvgIpc) is 2.35. The molecule has 0 amide bonds. The summed E-state index contributed by atoms with van der Waals surface area (Å²) < 4.78 is 27.2. The lowest BCUT2D eigenvalue weighted by Gasteiger charge is -2.43. The zero-order valence-electron chi connectivity index (χ0n) is 10.5. The van der Waals surface area contributed by atoms with Crippen LogP contribution in [0.15, 0.2) is 48.5 Å².